The second-order valence-electron chi connectivity index (χ2n) is 7.84. The van der Waals surface area contributed by atoms with Gasteiger partial charge in [-0.25, -0.2) is 4.68 Å². The Bertz CT molecular complexity index is 959. The van der Waals surface area contributed by atoms with Gasteiger partial charge in [0.2, 0.25) is 5.91 Å². The van der Waals surface area contributed by atoms with Crippen LogP contribution >= 0.6 is 0 Å². The molecular formula is C22H28N4O. The zero-order valence-corrected chi connectivity index (χ0v) is 17.0. The summed E-state index contributed by atoms with van der Waals surface area (Å²) < 4.78 is 1.67. The normalized spacial score (nSPS) is 11.6. The predicted octanol–water partition coefficient (Wildman–Crippen LogP) is 4.93. The topological polar surface area (TPSA) is 59.8 Å². The van der Waals surface area contributed by atoms with E-state index in [1.165, 1.54) is 11.1 Å². The number of aryl methyl sites for hydroxylation is 2. The van der Waals surface area contributed by atoms with E-state index in [9.17, 15) is 4.79 Å². The van der Waals surface area contributed by atoms with Crippen molar-refractivity contribution >= 4 is 22.6 Å². The molecule has 0 aliphatic rings. The number of carbonyl (C=O) groups excluding carboxylic acids is 1. The van der Waals surface area contributed by atoms with Crippen LogP contribution in [0.25, 0.3) is 11.0 Å². The maximum atomic E-state index is 12.8. The van der Waals surface area contributed by atoms with Gasteiger partial charge in [0, 0.05) is 5.69 Å². The first-order chi connectivity index (χ1) is 12.8. The Morgan fingerprint density at radius 2 is 1.63 bits per heavy atom. The molecule has 1 aromatic heterocycles. The molecule has 0 spiro atoms. The highest BCUT2D eigenvalue weighted by molar-refractivity contribution is 5.93. The lowest BCUT2D eigenvalue weighted by Gasteiger charge is -2.20. The van der Waals surface area contributed by atoms with Crippen molar-refractivity contribution in [2.24, 2.45) is 0 Å². The van der Waals surface area contributed by atoms with E-state index in [0.717, 1.165) is 27.8 Å². The Morgan fingerprint density at radius 3 is 2.22 bits per heavy atom. The minimum Gasteiger partial charge on any atom is -0.324 e. The van der Waals surface area contributed by atoms with E-state index < -0.39 is 0 Å². The zero-order valence-electron chi connectivity index (χ0n) is 17.0. The maximum absolute atomic E-state index is 12.8. The number of nitrogens with one attached hydrogen (secondary N) is 1. The minimum atomic E-state index is -0.0879. The molecule has 5 heteroatoms. The van der Waals surface area contributed by atoms with Crippen LogP contribution in [0.15, 0.2) is 30.3 Å². The van der Waals surface area contributed by atoms with Crippen LogP contribution in [0.3, 0.4) is 0 Å². The summed E-state index contributed by atoms with van der Waals surface area (Å²) in [4.78, 5) is 12.8. The van der Waals surface area contributed by atoms with E-state index in [-0.39, 0.29) is 12.5 Å². The molecule has 0 aliphatic heterocycles. The SMILES string of the molecule is Cc1cc2nnn(CC(=O)Nc3c(C(C)C)cccc3C(C)C)c2cc1C. The van der Waals surface area contributed by atoms with Crippen molar-refractivity contribution in [3.05, 3.63) is 52.6 Å². The zero-order chi connectivity index (χ0) is 19.7. The van der Waals surface area contributed by atoms with Gasteiger partial charge in [-0.3, -0.25) is 4.79 Å². The monoisotopic (exact) mass is 364 g/mol. The van der Waals surface area contributed by atoms with Crippen molar-refractivity contribution in [1.29, 1.82) is 0 Å². The highest BCUT2D eigenvalue weighted by Gasteiger charge is 2.17. The van der Waals surface area contributed by atoms with Crippen molar-refractivity contribution in [3.8, 4) is 0 Å². The summed E-state index contributed by atoms with van der Waals surface area (Å²) >= 11 is 0. The van der Waals surface area contributed by atoms with E-state index >= 15 is 0 Å². The average molecular weight is 364 g/mol. The van der Waals surface area contributed by atoms with Crippen LogP contribution in [0.2, 0.25) is 0 Å². The second-order valence-corrected chi connectivity index (χ2v) is 7.84. The quantitative estimate of drug-likeness (QED) is 0.698. The molecule has 0 unspecified atom stereocenters. The Morgan fingerprint density at radius 1 is 1.04 bits per heavy atom. The van der Waals surface area contributed by atoms with Gasteiger partial charge in [-0.15, -0.1) is 5.10 Å². The Hall–Kier alpha value is -2.69. The molecule has 0 aliphatic carbocycles. The van der Waals surface area contributed by atoms with Crippen LogP contribution in [0.1, 0.15) is 61.8 Å². The standard InChI is InChI=1S/C22H28N4O/c1-13(2)17-8-7-9-18(14(3)4)22(17)23-21(27)12-26-20-11-16(6)15(5)10-19(20)24-25-26/h7-11,13-14H,12H2,1-6H3,(H,23,27). The van der Waals surface area contributed by atoms with Crippen molar-refractivity contribution in [3.63, 3.8) is 0 Å². The summed E-state index contributed by atoms with van der Waals surface area (Å²) in [7, 11) is 0. The molecule has 1 amide bonds. The lowest BCUT2D eigenvalue weighted by atomic mass is 9.92. The van der Waals surface area contributed by atoms with Crippen LogP contribution in [-0.4, -0.2) is 20.9 Å². The van der Waals surface area contributed by atoms with E-state index in [2.05, 4.69) is 75.4 Å². The van der Waals surface area contributed by atoms with E-state index in [1.807, 2.05) is 12.1 Å². The Balaban J connectivity index is 1.90. The predicted molar refractivity (Wildman–Crippen MR) is 110 cm³/mol. The molecule has 1 heterocycles. The van der Waals surface area contributed by atoms with Gasteiger partial charge < -0.3 is 5.32 Å². The number of rotatable bonds is 5. The molecular weight excluding hydrogens is 336 g/mol. The van der Waals surface area contributed by atoms with Crippen molar-refractivity contribution in [2.45, 2.75) is 59.9 Å². The van der Waals surface area contributed by atoms with E-state index in [1.54, 1.807) is 4.68 Å². The number of hydrogen-bond acceptors (Lipinski definition) is 3. The molecule has 5 nitrogen and oxygen atoms in total. The lowest BCUT2D eigenvalue weighted by Crippen LogP contribution is -2.21. The van der Waals surface area contributed by atoms with Crippen LogP contribution < -0.4 is 5.32 Å². The highest BCUT2D eigenvalue weighted by Crippen LogP contribution is 2.32. The Labute approximate surface area is 160 Å². The summed E-state index contributed by atoms with van der Waals surface area (Å²) in [5.41, 5.74) is 7.29. The third kappa shape index (κ3) is 3.87. The van der Waals surface area contributed by atoms with E-state index in [4.69, 9.17) is 0 Å². The first kappa shape index (κ1) is 19.1. The molecule has 0 radical (unpaired) electrons. The van der Waals surface area contributed by atoms with Gasteiger partial charge >= 0.3 is 0 Å². The summed E-state index contributed by atoms with van der Waals surface area (Å²) in [5.74, 6) is 0.573. The van der Waals surface area contributed by atoms with Crippen molar-refractivity contribution in [2.75, 3.05) is 5.32 Å². The van der Waals surface area contributed by atoms with Gasteiger partial charge in [-0.2, -0.15) is 0 Å². The Kier molecular flexibility index (Phi) is 5.31. The number of carbonyl (C=O) groups is 1. The number of fused-ring (bicyclic) bond motifs is 1. The summed E-state index contributed by atoms with van der Waals surface area (Å²) in [6.45, 7) is 12.8. The van der Waals surface area contributed by atoms with Crippen LogP contribution in [0.4, 0.5) is 5.69 Å². The van der Waals surface area contributed by atoms with Crippen LogP contribution in [0, 0.1) is 13.8 Å². The number of para-hydroxylation sites is 1. The second kappa shape index (κ2) is 7.51. The molecule has 0 fully saturated rings. The fourth-order valence-electron chi connectivity index (χ4n) is 3.35. The molecule has 3 rings (SSSR count). The van der Waals surface area contributed by atoms with Gasteiger partial charge in [0.05, 0.1) is 5.52 Å². The number of anilines is 1. The van der Waals surface area contributed by atoms with Gasteiger partial charge in [0.1, 0.15) is 12.1 Å². The molecule has 0 bridgehead atoms. The minimum absolute atomic E-state index is 0.0879. The summed E-state index contributed by atoms with van der Waals surface area (Å²) in [5, 5.41) is 11.5. The molecule has 3 aromatic rings. The number of nitrogens with zero attached hydrogens (tertiary/aromatic N) is 3. The maximum Gasteiger partial charge on any atom is 0.246 e. The number of hydrogen-bond donors (Lipinski definition) is 1. The molecule has 0 atom stereocenters. The first-order valence-corrected chi connectivity index (χ1v) is 9.51. The molecule has 2 aromatic carbocycles. The molecule has 142 valence electrons. The molecule has 0 saturated carbocycles. The van der Waals surface area contributed by atoms with Crippen molar-refractivity contribution in [1.82, 2.24) is 15.0 Å². The third-order valence-electron chi connectivity index (χ3n) is 5.06. The summed E-state index contributed by atoms with van der Waals surface area (Å²) in [6, 6.07) is 10.3. The van der Waals surface area contributed by atoms with Crippen LogP contribution in [-0.2, 0) is 11.3 Å². The van der Waals surface area contributed by atoms with Crippen molar-refractivity contribution < 1.29 is 4.79 Å². The summed E-state index contributed by atoms with van der Waals surface area (Å²) in [6.07, 6.45) is 0. The van der Waals surface area contributed by atoms with E-state index in [0.29, 0.717) is 11.8 Å². The van der Waals surface area contributed by atoms with Gasteiger partial charge in [0.15, 0.2) is 0 Å². The van der Waals surface area contributed by atoms with Gasteiger partial charge in [-0.05, 0) is 60.1 Å². The average Bonchev–Trinajstić information content (AvgIpc) is 2.96. The third-order valence-corrected chi connectivity index (χ3v) is 5.06. The van der Waals surface area contributed by atoms with Gasteiger partial charge in [0.25, 0.3) is 0 Å². The van der Waals surface area contributed by atoms with Crippen LogP contribution in [0.5, 0.6) is 0 Å². The number of amides is 1. The highest BCUT2D eigenvalue weighted by atomic mass is 16.2. The van der Waals surface area contributed by atoms with Gasteiger partial charge in [-0.1, -0.05) is 51.1 Å². The number of aromatic nitrogens is 3. The molecule has 0 saturated heterocycles. The fourth-order valence-corrected chi connectivity index (χ4v) is 3.35. The smallest absolute Gasteiger partial charge is 0.246 e. The first-order valence-electron chi connectivity index (χ1n) is 9.51. The molecule has 27 heavy (non-hydrogen) atoms. The lowest BCUT2D eigenvalue weighted by molar-refractivity contribution is -0.116. The molecule has 1 N–H and O–H groups in total. The number of benzene rings is 2. The largest absolute Gasteiger partial charge is 0.324 e. The fraction of sp³-hybridized carbons (Fsp3) is 0.409.